The molecule has 1 aliphatic rings. The van der Waals surface area contributed by atoms with Gasteiger partial charge in [-0.25, -0.2) is 0 Å². The quantitative estimate of drug-likeness (QED) is 0.686. The van der Waals surface area contributed by atoms with Crippen LogP contribution in [0.1, 0.15) is 23.4 Å². The standard InChI is InChI=1S/C25H28N4O/c1-19-5-3-7-23(28-19)17-29-14-12-25(18-29,24(30)26-2)15-20-8-10-21(11-9-20)22-6-4-13-27-16-22/h3-11,13,16H,12,14-15,17-18H2,1-2H3,(H,26,30)/t25-/m0/s1. The van der Waals surface area contributed by atoms with E-state index in [2.05, 4.69) is 56.6 Å². The summed E-state index contributed by atoms with van der Waals surface area (Å²) in [5, 5.41) is 2.91. The van der Waals surface area contributed by atoms with Gasteiger partial charge in [-0.15, -0.1) is 0 Å². The summed E-state index contributed by atoms with van der Waals surface area (Å²) in [5.41, 5.74) is 5.10. The van der Waals surface area contributed by atoms with Crippen molar-refractivity contribution in [3.63, 3.8) is 0 Å². The number of aryl methyl sites for hydroxylation is 1. The molecule has 0 bridgehead atoms. The van der Waals surface area contributed by atoms with Gasteiger partial charge in [0, 0.05) is 38.2 Å². The van der Waals surface area contributed by atoms with Crippen LogP contribution in [-0.2, 0) is 17.8 Å². The normalized spacial score (nSPS) is 19.0. The van der Waals surface area contributed by atoms with E-state index >= 15 is 0 Å². The number of pyridine rings is 2. The molecule has 0 spiro atoms. The highest BCUT2D eigenvalue weighted by Gasteiger charge is 2.44. The largest absolute Gasteiger partial charge is 0.359 e. The predicted octanol–water partition coefficient (Wildman–Crippen LogP) is 3.63. The molecule has 3 aromatic rings. The summed E-state index contributed by atoms with van der Waals surface area (Å²) in [6.07, 6.45) is 5.24. The van der Waals surface area contributed by atoms with Crippen molar-refractivity contribution in [1.29, 1.82) is 0 Å². The van der Waals surface area contributed by atoms with E-state index < -0.39 is 5.41 Å². The fourth-order valence-corrected chi connectivity index (χ4v) is 4.42. The Morgan fingerprint density at radius 2 is 1.93 bits per heavy atom. The zero-order valence-corrected chi connectivity index (χ0v) is 17.6. The molecule has 1 saturated heterocycles. The van der Waals surface area contributed by atoms with Gasteiger partial charge in [-0.3, -0.25) is 19.7 Å². The fourth-order valence-electron chi connectivity index (χ4n) is 4.42. The Labute approximate surface area is 178 Å². The Kier molecular flexibility index (Phi) is 5.91. The van der Waals surface area contributed by atoms with Crippen molar-refractivity contribution in [3.8, 4) is 11.1 Å². The van der Waals surface area contributed by atoms with Gasteiger partial charge >= 0.3 is 0 Å². The summed E-state index contributed by atoms with van der Waals surface area (Å²) in [5.74, 6) is 0.124. The lowest BCUT2D eigenvalue weighted by Gasteiger charge is -2.28. The number of aromatic nitrogens is 2. The number of rotatable bonds is 6. The first-order valence-corrected chi connectivity index (χ1v) is 10.4. The second-order valence-corrected chi connectivity index (χ2v) is 8.21. The summed E-state index contributed by atoms with van der Waals surface area (Å²) >= 11 is 0. The molecule has 30 heavy (non-hydrogen) atoms. The minimum absolute atomic E-state index is 0.124. The molecule has 1 fully saturated rings. The molecule has 1 amide bonds. The first-order chi connectivity index (χ1) is 14.6. The van der Waals surface area contributed by atoms with Gasteiger partial charge in [-0.1, -0.05) is 36.4 Å². The van der Waals surface area contributed by atoms with Crippen LogP contribution >= 0.6 is 0 Å². The molecule has 0 unspecified atom stereocenters. The predicted molar refractivity (Wildman–Crippen MR) is 119 cm³/mol. The maximum atomic E-state index is 12.9. The van der Waals surface area contributed by atoms with Crippen LogP contribution in [0.3, 0.4) is 0 Å². The first-order valence-electron chi connectivity index (χ1n) is 10.4. The number of likely N-dealkylation sites (tertiary alicyclic amines) is 1. The van der Waals surface area contributed by atoms with Crippen molar-refractivity contribution in [1.82, 2.24) is 20.2 Å². The van der Waals surface area contributed by atoms with Crippen LogP contribution in [0.2, 0.25) is 0 Å². The molecule has 3 heterocycles. The number of hydrogen-bond donors (Lipinski definition) is 1. The van der Waals surface area contributed by atoms with E-state index in [1.54, 1.807) is 13.2 Å². The highest BCUT2D eigenvalue weighted by atomic mass is 16.2. The Balaban J connectivity index is 1.50. The van der Waals surface area contributed by atoms with E-state index in [0.717, 1.165) is 55.0 Å². The van der Waals surface area contributed by atoms with Gasteiger partial charge in [-0.2, -0.15) is 0 Å². The molecular formula is C25H28N4O. The van der Waals surface area contributed by atoms with Crippen molar-refractivity contribution < 1.29 is 4.79 Å². The van der Waals surface area contributed by atoms with Crippen LogP contribution in [-0.4, -0.2) is 40.9 Å². The average molecular weight is 401 g/mol. The third-order valence-electron chi connectivity index (χ3n) is 5.96. The van der Waals surface area contributed by atoms with Gasteiger partial charge in [0.15, 0.2) is 0 Å². The van der Waals surface area contributed by atoms with Crippen molar-refractivity contribution >= 4 is 5.91 Å². The summed E-state index contributed by atoms with van der Waals surface area (Å²) in [6, 6.07) is 18.6. The van der Waals surface area contributed by atoms with Gasteiger partial charge in [0.2, 0.25) is 5.91 Å². The number of benzene rings is 1. The number of carbonyl (C=O) groups excluding carboxylic acids is 1. The molecule has 5 heteroatoms. The van der Waals surface area contributed by atoms with Gasteiger partial charge in [0.05, 0.1) is 11.1 Å². The van der Waals surface area contributed by atoms with Gasteiger partial charge in [0.1, 0.15) is 0 Å². The second-order valence-electron chi connectivity index (χ2n) is 8.21. The molecule has 1 aromatic carbocycles. The topological polar surface area (TPSA) is 58.1 Å². The van der Waals surface area contributed by atoms with E-state index in [4.69, 9.17) is 0 Å². The number of hydrogen-bond acceptors (Lipinski definition) is 4. The minimum Gasteiger partial charge on any atom is -0.359 e. The van der Waals surface area contributed by atoms with Gasteiger partial charge < -0.3 is 5.32 Å². The fraction of sp³-hybridized carbons (Fsp3) is 0.320. The number of nitrogens with zero attached hydrogens (tertiary/aromatic N) is 3. The van der Waals surface area contributed by atoms with Crippen LogP contribution in [0, 0.1) is 12.3 Å². The highest BCUT2D eigenvalue weighted by Crippen LogP contribution is 2.35. The second kappa shape index (κ2) is 8.76. The molecular weight excluding hydrogens is 372 g/mol. The van der Waals surface area contributed by atoms with Gasteiger partial charge in [0.25, 0.3) is 0 Å². The van der Waals surface area contributed by atoms with Crippen LogP contribution in [0.4, 0.5) is 0 Å². The summed E-state index contributed by atoms with van der Waals surface area (Å²) in [6.45, 7) is 4.43. The SMILES string of the molecule is CNC(=O)[C@]1(Cc2ccc(-c3cccnc3)cc2)CCN(Cc2cccc(C)n2)C1. The third kappa shape index (κ3) is 4.41. The number of amides is 1. The average Bonchev–Trinajstić information content (AvgIpc) is 3.18. The molecule has 1 atom stereocenters. The third-order valence-corrected chi connectivity index (χ3v) is 5.96. The molecule has 0 saturated carbocycles. The molecule has 2 aromatic heterocycles. The molecule has 1 N–H and O–H groups in total. The van der Waals surface area contributed by atoms with Gasteiger partial charge in [-0.05, 0) is 61.2 Å². The summed E-state index contributed by atoms with van der Waals surface area (Å²) < 4.78 is 0. The van der Waals surface area contributed by atoms with E-state index in [0.29, 0.717) is 0 Å². The maximum absolute atomic E-state index is 12.9. The number of carbonyl (C=O) groups is 1. The lowest BCUT2D eigenvalue weighted by Crippen LogP contribution is -2.43. The van der Waals surface area contributed by atoms with Crippen molar-refractivity contribution in [2.75, 3.05) is 20.1 Å². The van der Waals surface area contributed by atoms with Crippen LogP contribution in [0.15, 0.2) is 67.0 Å². The van der Waals surface area contributed by atoms with E-state index in [1.807, 2.05) is 31.3 Å². The first kappa shape index (κ1) is 20.2. The van der Waals surface area contributed by atoms with Crippen molar-refractivity contribution in [2.45, 2.75) is 26.3 Å². The minimum atomic E-state index is -0.408. The molecule has 5 nitrogen and oxygen atoms in total. The lowest BCUT2D eigenvalue weighted by atomic mass is 9.79. The Morgan fingerprint density at radius 1 is 1.10 bits per heavy atom. The Morgan fingerprint density at radius 3 is 2.63 bits per heavy atom. The van der Waals surface area contributed by atoms with Crippen LogP contribution in [0.5, 0.6) is 0 Å². The monoisotopic (exact) mass is 400 g/mol. The smallest absolute Gasteiger partial charge is 0.227 e. The summed E-state index contributed by atoms with van der Waals surface area (Å²) in [4.78, 5) is 24.1. The maximum Gasteiger partial charge on any atom is 0.227 e. The zero-order chi connectivity index (χ0) is 21.0. The Hall–Kier alpha value is -3.05. The van der Waals surface area contributed by atoms with E-state index in [1.165, 1.54) is 5.56 Å². The zero-order valence-electron chi connectivity index (χ0n) is 17.6. The van der Waals surface area contributed by atoms with Crippen molar-refractivity contribution in [2.24, 2.45) is 5.41 Å². The molecule has 0 aliphatic carbocycles. The van der Waals surface area contributed by atoms with Crippen LogP contribution in [0.25, 0.3) is 11.1 Å². The summed E-state index contributed by atoms with van der Waals surface area (Å²) in [7, 11) is 1.74. The van der Waals surface area contributed by atoms with Crippen molar-refractivity contribution in [3.05, 3.63) is 83.9 Å². The Bertz CT molecular complexity index is 1000. The number of nitrogens with one attached hydrogen (secondary N) is 1. The molecule has 154 valence electrons. The van der Waals surface area contributed by atoms with Crippen LogP contribution < -0.4 is 5.32 Å². The van der Waals surface area contributed by atoms with E-state index in [-0.39, 0.29) is 5.91 Å². The molecule has 1 aliphatic heterocycles. The highest BCUT2D eigenvalue weighted by molar-refractivity contribution is 5.83. The molecule has 0 radical (unpaired) electrons. The lowest BCUT2D eigenvalue weighted by molar-refractivity contribution is -0.130. The molecule has 4 rings (SSSR count). The van der Waals surface area contributed by atoms with E-state index in [9.17, 15) is 4.79 Å².